The van der Waals surface area contributed by atoms with E-state index in [0.717, 1.165) is 23.4 Å². The van der Waals surface area contributed by atoms with Crippen LogP contribution in [0, 0.1) is 5.92 Å². The fourth-order valence-electron chi connectivity index (χ4n) is 3.97. The van der Waals surface area contributed by atoms with Crippen molar-refractivity contribution in [1.82, 2.24) is 15.1 Å². The summed E-state index contributed by atoms with van der Waals surface area (Å²) >= 11 is 0. The van der Waals surface area contributed by atoms with Crippen molar-refractivity contribution in [2.24, 2.45) is 13.0 Å². The lowest BCUT2D eigenvalue weighted by molar-refractivity contribution is 0.0234. The number of amides is 1. The topological polar surface area (TPSA) is 76.4 Å². The molecule has 6 nitrogen and oxygen atoms in total. The summed E-state index contributed by atoms with van der Waals surface area (Å²) in [5.74, 6) is 1.32. The highest BCUT2D eigenvalue weighted by molar-refractivity contribution is 5.93. The van der Waals surface area contributed by atoms with Gasteiger partial charge in [-0.25, -0.2) is 0 Å². The first-order valence-electron chi connectivity index (χ1n) is 9.71. The van der Waals surface area contributed by atoms with Gasteiger partial charge in [0.1, 0.15) is 11.4 Å². The second-order valence-electron chi connectivity index (χ2n) is 8.03. The van der Waals surface area contributed by atoms with Crippen LogP contribution in [0.15, 0.2) is 24.3 Å². The van der Waals surface area contributed by atoms with E-state index < -0.39 is 0 Å². The molecule has 2 N–H and O–H groups in total. The molecule has 6 heteroatoms. The van der Waals surface area contributed by atoms with Crippen molar-refractivity contribution in [2.75, 3.05) is 6.61 Å². The Morgan fingerprint density at radius 2 is 2.11 bits per heavy atom. The van der Waals surface area contributed by atoms with Gasteiger partial charge in [0.2, 0.25) is 0 Å². The van der Waals surface area contributed by atoms with E-state index in [-0.39, 0.29) is 29.9 Å². The van der Waals surface area contributed by atoms with Crippen LogP contribution in [-0.4, -0.2) is 33.5 Å². The molecule has 1 atom stereocenters. The Balaban J connectivity index is 1.59. The SMILES string of the molecule is CC(C)c1cc(C(=O)N[C@H](c2ccc3c(c2)CCO3)C2CC(O)C2)n(C)n1. The van der Waals surface area contributed by atoms with Crippen molar-refractivity contribution >= 4 is 5.91 Å². The lowest BCUT2D eigenvalue weighted by Gasteiger charge is -2.38. The first-order chi connectivity index (χ1) is 12.9. The van der Waals surface area contributed by atoms with Gasteiger partial charge < -0.3 is 15.2 Å². The minimum Gasteiger partial charge on any atom is -0.493 e. The Hall–Kier alpha value is -2.34. The van der Waals surface area contributed by atoms with Crippen molar-refractivity contribution in [2.45, 2.75) is 51.2 Å². The number of benzene rings is 1. The quantitative estimate of drug-likeness (QED) is 0.850. The molecule has 1 aromatic carbocycles. The highest BCUT2D eigenvalue weighted by Gasteiger charge is 2.36. The second kappa shape index (κ2) is 7.00. The molecule has 0 bridgehead atoms. The Morgan fingerprint density at radius 3 is 2.78 bits per heavy atom. The summed E-state index contributed by atoms with van der Waals surface area (Å²) in [7, 11) is 1.80. The molecule has 0 spiro atoms. The molecule has 1 aromatic heterocycles. The highest BCUT2D eigenvalue weighted by Crippen LogP contribution is 2.40. The number of carbonyl (C=O) groups excluding carboxylic acids is 1. The third kappa shape index (κ3) is 3.46. The van der Waals surface area contributed by atoms with Gasteiger partial charge in [-0.1, -0.05) is 19.9 Å². The average molecular weight is 369 g/mol. The van der Waals surface area contributed by atoms with Gasteiger partial charge in [-0.3, -0.25) is 9.48 Å². The summed E-state index contributed by atoms with van der Waals surface area (Å²) in [4.78, 5) is 13.0. The van der Waals surface area contributed by atoms with Gasteiger partial charge in [-0.05, 0) is 54.0 Å². The van der Waals surface area contributed by atoms with Crippen LogP contribution < -0.4 is 10.1 Å². The van der Waals surface area contributed by atoms with Crippen LogP contribution in [0.2, 0.25) is 0 Å². The fraction of sp³-hybridized carbons (Fsp3) is 0.524. The van der Waals surface area contributed by atoms with E-state index >= 15 is 0 Å². The van der Waals surface area contributed by atoms with E-state index in [0.29, 0.717) is 25.1 Å². The first-order valence-corrected chi connectivity index (χ1v) is 9.71. The number of aliphatic hydroxyl groups excluding tert-OH is 1. The zero-order chi connectivity index (χ0) is 19.1. The molecule has 0 radical (unpaired) electrons. The van der Waals surface area contributed by atoms with Crippen molar-refractivity contribution in [3.63, 3.8) is 0 Å². The zero-order valence-electron chi connectivity index (χ0n) is 16.1. The summed E-state index contributed by atoms with van der Waals surface area (Å²) < 4.78 is 7.25. The molecule has 0 saturated heterocycles. The number of ether oxygens (including phenoxy) is 1. The number of nitrogens with zero attached hydrogens (tertiary/aromatic N) is 2. The third-order valence-corrected chi connectivity index (χ3v) is 5.70. The van der Waals surface area contributed by atoms with Gasteiger partial charge in [-0.2, -0.15) is 5.10 Å². The predicted octanol–water partition coefficient (Wildman–Crippen LogP) is 2.72. The first kappa shape index (κ1) is 18.0. The van der Waals surface area contributed by atoms with Crippen molar-refractivity contribution < 1.29 is 14.6 Å². The minimum atomic E-state index is -0.267. The number of carbonyl (C=O) groups is 1. The molecule has 0 unspecified atom stereocenters. The number of aryl methyl sites for hydroxylation is 1. The smallest absolute Gasteiger partial charge is 0.270 e. The molecule has 144 valence electrons. The number of fused-ring (bicyclic) bond motifs is 1. The van der Waals surface area contributed by atoms with Crippen LogP contribution in [0.5, 0.6) is 5.75 Å². The Morgan fingerprint density at radius 1 is 1.33 bits per heavy atom. The summed E-state index contributed by atoms with van der Waals surface area (Å²) in [6.45, 7) is 4.84. The lowest BCUT2D eigenvalue weighted by Crippen LogP contribution is -2.41. The van der Waals surface area contributed by atoms with Gasteiger partial charge in [0.25, 0.3) is 5.91 Å². The standard InChI is InChI=1S/C21H27N3O3/c1-12(2)17-11-18(24(3)23-17)21(26)22-20(15-9-16(25)10-15)14-4-5-19-13(8-14)6-7-27-19/h4-5,8,11-12,15-16,20,25H,6-7,9-10H2,1-3H3,(H,22,26)/t15?,16?,20-/m1/s1. The number of nitrogens with one attached hydrogen (secondary N) is 1. The minimum absolute atomic E-state index is 0.121. The van der Waals surface area contributed by atoms with Crippen LogP contribution in [0.4, 0.5) is 0 Å². The maximum atomic E-state index is 13.0. The third-order valence-electron chi connectivity index (χ3n) is 5.70. The Bertz CT molecular complexity index is 852. The average Bonchev–Trinajstić information content (AvgIpc) is 3.22. The summed E-state index contributed by atoms with van der Waals surface area (Å²) in [6, 6.07) is 7.91. The van der Waals surface area contributed by atoms with Crippen LogP contribution in [0.25, 0.3) is 0 Å². The summed E-state index contributed by atoms with van der Waals surface area (Å²) in [5, 5.41) is 17.4. The molecule has 2 aromatic rings. The number of rotatable bonds is 5. The van der Waals surface area contributed by atoms with Gasteiger partial charge >= 0.3 is 0 Å². The normalized spacial score (nSPS) is 22.1. The van der Waals surface area contributed by atoms with Gasteiger partial charge in [0.05, 0.1) is 24.4 Å². The van der Waals surface area contributed by atoms with Gasteiger partial charge in [-0.15, -0.1) is 0 Å². The van der Waals surface area contributed by atoms with Gasteiger partial charge in [0.15, 0.2) is 0 Å². The summed E-state index contributed by atoms with van der Waals surface area (Å²) in [5.41, 5.74) is 3.74. The maximum Gasteiger partial charge on any atom is 0.270 e. The molecule has 1 saturated carbocycles. The number of hydrogen-bond acceptors (Lipinski definition) is 4. The van der Waals surface area contributed by atoms with E-state index in [1.54, 1.807) is 11.7 Å². The largest absolute Gasteiger partial charge is 0.493 e. The Kier molecular flexibility index (Phi) is 4.68. The van der Waals surface area contributed by atoms with E-state index in [4.69, 9.17) is 4.74 Å². The molecule has 1 amide bonds. The maximum absolute atomic E-state index is 13.0. The zero-order valence-corrected chi connectivity index (χ0v) is 16.1. The van der Waals surface area contributed by atoms with Crippen molar-refractivity contribution in [3.05, 3.63) is 46.8 Å². The van der Waals surface area contributed by atoms with Gasteiger partial charge in [0, 0.05) is 13.5 Å². The fourth-order valence-corrected chi connectivity index (χ4v) is 3.97. The van der Waals surface area contributed by atoms with Crippen molar-refractivity contribution in [3.8, 4) is 5.75 Å². The van der Waals surface area contributed by atoms with E-state index in [1.165, 1.54) is 5.56 Å². The molecule has 2 aliphatic rings. The molecule has 1 aliphatic carbocycles. The second-order valence-corrected chi connectivity index (χ2v) is 8.03. The molecular formula is C21H27N3O3. The summed E-state index contributed by atoms with van der Waals surface area (Å²) in [6.07, 6.45) is 2.05. The molecule has 4 rings (SSSR count). The highest BCUT2D eigenvalue weighted by atomic mass is 16.5. The van der Waals surface area contributed by atoms with E-state index in [1.807, 2.05) is 18.2 Å². The molecule has 1 fully saturated rings. The van der Waals surface area contributed by atoms with E-state index in [9.17, 15) is 9.90 Å². The van der Waals surface area contributed by atoms with E-state index in [2.05, 4.69) is 30.3 Å². The monoisotopic (exact) mass is 369 g/mol. The molecular weight excluding hydrogens is 342 g/mol. The number of aliphatic hydroxyl groups is 1. The van der Waals surface area contributed by atoms with Crippen LogP contribution in [0.3, 0.4) is 0 Å². The lowest BCUT2D eigenvalue weighted by atomic mass is 9.74. The predicted molar refractivity (Wildman–Crippen MR) is 102 cm³/mol. The molecule has 1 aliphatic heterocycles. The number of hydrogen-bond donors (Lipinski definition) is 2. The molecule has 27 heavy (non-hydrogen) atoms. The molecule has 2 heterocycles. The Labute approximate surface area is 159 Å². The van der Waals surface area contributed by atoms with Crippen LogP contribution in [-0.2, 0) is 13.5 Å². The van der Waals surface area contributed by atoms with Crippen molar-refractivity contribution in [1.29, 1.82) is 0 Å². The van der Waals surface area contributed by atoms with Crippen LogP contribution in [0.1, 0.15) is 66.0 Å². The number of aromatic nitrogens is 2. The van der Waals surface area contributed by atoms with Crippen LogP contribution >= 0.6 is 0 Å².